The van der Waals surface area contributed by atoms with Crippen LogP contribution in [0.15, 0.2) is 52.1 Å². The van der Waals surface area contributed by atoms with Crippen LogP contribution >= 0.6 is 0 Å². The average Bonchev–Trinajstić information content (AvgIpc) is 2.54. The van der Waals surface area contributed by atoms with Gasteiger partial charge in [0, 0.05) is 24.3 Å². The highest BCUT2D eigenvalue weighted by Gasteiger charge is 2.14. The van der Waals surface area contributed by atoms with E-state index in [9.17, 15) is 29.8 Å². The van der Waals surface area contributed by atoms with E-state index in [1.165, 1.54) is 30.3 Å². The molecule has 3 aromatic rings. The summed E-state index contributed by atoms with van der Waals surface area (Å²) >= 11 is 0. The Morgan fingerprint density at radius 2 is 1.46 bits per heavy atom. The number of aromatic amines is 1. The minimum atomic E-state index is -0.804. The Kier molecular flexibility index (Phi) is 3.41. The lowest BCUT2D eigenvalue weighted by atomic mass is 10.2. The first kappa shape index (κ1) is 15.1. The van der Waals surface area contributed by atoms with Crippen molar-refractivity contribution in [3.63, 3.8) is 0 Å². The number of rotatable bonds is 3. The van der Waals surface area contributed by atoms with Crippen LogP contribution in [0, 0.1) is 20.2 Å². The Morgan fingerprint density at radius 3 is 2.04 bits per heavy atom. The Bertz CT molecular complexity index is 1100. The maximum atomic E-state index is 12.5. The number of nitro benzene ring substituents is 2. The van der Waals surface area contributed by atoms with Crippen LogP contribution in [-0.4, -0.2) is 19.4 Å². The number of nitrogens with zero attached hydrogens (tertiary/aromatic N) is 3. The Balaban J connectivity index is 2.24. The van der Waals surface area contributed by atoms with Crippen molar-refractivity contribution in [3.8, 4) is 5.69 Å². The van der Waals surface area contributed by atoms with Crippen LogP contribution in [0.2, 0.25) is 0 Å². The van der Waals surface area contributed by atoms with Gasteiger partial charge in [0.05, 0.1) is 26.4 Å². The Labute approximate surface area is 131 Å². The van der Waals surface area contributed by atoms with Gasteiger partial charge in [-0.05, 0) is 18.2 Å². The Hall–Kier alpha value is -3.82. The molecule has 0 saturated carbocycles. The molecule has 24 heavy (non-hydrogen) atoms. The zero-order chi connectivity index (χ0) is 17.4. The molecule has 120 valence electrons. The van der Waals surface area contributed by atoms with Gasteiger partial charge in [-0.1, -0.05) is 0 Å². The molecule has 0 radical (unpaired) electrons. The first-order valence-electron chi connectivity index (χ1n) is 6.57. The summed E-state index contributed by atoms with van der Waals surface area (Å²) in [6.07, 6.45) is 0. The van der Waals surface area contributed by atoms with Gasteiger partial charge in [0.1, 0.15) is 0 Å². The van der Waals surface area contributed by atoms with E-state index in [2.05, 4.69) is 4.98 Å². The average molecular weight is 328 g/mol. The fraction of sp³-hybridized carbons (Fsp3) is 0. The van der Waals surface area contributed by atoms with E-state index in [4.69, 9.17) is 0 Å². The summed E-state index contributed by atoms with van der Waals surface area (Å²) in [6, 6.07) is 8.37. The second-order valence-electron chi connectivity index (χ2n) is 4.83. The third-order valence-corrected chi connectivity index (χ3v) is 3.41. The summed E-state index contributed by atoms with van der Waals surface area (Å²) in [5.74, 6) is 0. The summed E-state index contributed by atoms with van der Waals surface area (Å²) < 4.78 is 0.803. The molecule has 0 unspecified atom stereocenters. The fourth-order valence-electron chi connectivity index (χ4n) is 2.28. The van der Waals surface area contributed by atoms with E-state index in [1.54, 1.807) is 0 Å². The largest absolute Gasteiger partial charge is 0.333 e. The molecular formula is C14H8N4O6. The van der Waals surface area contributed by atoms with E-state index in [1.807, 2.05) is 0 Å². The first-order chi connectivity index (χ1) is 11.4. The molecule has 1 aromatic heterocycles. The minimum Gasteiger partial charge on any atom is -0.306 e. The fourth-order valence-corrected chi connectivity index (χ4v) is 2.28. The molecule has 0 fully saturated rings. The van der Waals surface area contributed by atoms with Gasteiger partial charge in [-0.3, -0.25) is 25.0 Å². The highest BCUT2D eigenvalue weighted by molar-refractivity contribution is 5.80. The van der Waals surface area contributed by atoms with Gasteiger partial charge in [-0.25, -0.2) is 9.36 Å². The molecule has 3 rings (SSSR count). The number of benzene rings is 2. The van der Waals surface area contributed by atoms with Crippen LogP contribution in [0.3, 0.4) is 0 Å². The van der Waals surface area contributed by atoms with E-state index in [-0.39, 0.29) is 28.0 Å². The highest BCUT2D eigenvalue weighted by Crippen LogP contribution is 2.17. The van der Waals surface area contributed by atoms with Crippen LogP contribution in [0.1, 0.15) is 0 Å². The van der Waals surface area contributed by atoms with Gasteiger partial charge in [0.15, 0.2) is 0 Å². The first-order valence-corrected chi connectivity index (χ1v) is 6.57. The number of aromatic nitrogens is 2. The lowest BCUT2D eigenvalue weighted by Crippen LogP contribution is -2.33. The topological polar surface area (TPSA) is 141 Å². The number of H-pyrrole nitrogens is 1. The number of nitro groups is 2. The molecule has 0 atom stereocenters. The van der Waals surface area contributed by atoms with Crippen LogP contribution in [-0.2, 0) is 0 Å². The summed E-state index contributed by atoms with van der Waals surface area (Å²) in [5, 5.41) is 21.5. The molecule has 0 aliphatic heterocycles. The van der Waals surface area contributed by atoms with Crippen molar-refractivity contribution in [1.29, 1.82) is 0 Å². The van der Waals surface area contributed by atoms with Crippen molar-refractivity contribution in [1.82, 2.24) is 9.55 Å². The predicted octanol–water partition coefficient (Wildman–Crippen LogP) is 1.50. The molecule has 0 aliphatic carbocycles. The molecule has 0 amide bonds. The van der Waals surface area contributed by atoms with Crippen molar-refractivity contribution in [2.24, 2.45) is 0 Å². The lowest BCUT2D eigenvalue weighted by molar-refractivity contribution is -0.385. The number of hydrogen-bond donors (Lipinski definition) is 1. The molecule has 0 spiro atoms. The second kappa shape index (κ2) is 5.43. The number of nitrogens with one attached hydrogen (secondary N) is 1. The summed E-state index contributed by atoms with van der Waals surface area (Å²) in [4.78, 5) is 47.2. The van der Waals surface area contributed by atoms with Crippen molar-refractivity contribution in [2.45, 2.75) is 0 Å². The molecule has 1 N–H and O–H groups in total. The maximum Gasteiger partial charge on any atom is 0.333 e. The van der Waals surface area contributed by atoms with Crippen molar-refractivity contribution >= 4 is 22.3 Å². The predicted molar refractivity (Wildman–Crippen MR) is 83.5 cm³/mol. The molecule has 0 aliphatic rings. The summed E-state index contributed by atoms with van der Waals surface area (Å²) in [7, 11) is 0. The smallest absolute Gasteiger partial charge is 0.306 e. The van der Waals surface area contributed by atoms with Crippen LogP contribution in [0.4, 0.5) is 11.4 Å². The van der Waals surface area contributed by atoms with Crippen molar-refractivity contribution in [2.75, 3.05) is 0 Å². The third-order valence-electron chi connectivity index (χ3n) is 3.41. The normalized spacial score (nSPS) is 10.7. The molecule has 1 heterocycles. The zero-order valence-corrected chi connectivity index (χ0v) is 11.8. The van der Waals surface area contributed by atoms with Gasteiger partial charge in [-0.15, -0.1) is 0 Å². The maximum absolute atomic E-state index is 12.5. The minimum absolute atomic E-state index is 0.0392. The van der Waals surface area contributed by atoms with E-state index in [0.717, 1.165) is 16.7 Å². The van der Waals surface area contributed by atoms with Gasteiger partial charge in [-0.2, -0.15) is 0 Å². The number of hydrogen-bond acceptors (Lipinski definition) is 6. The van der Waals surface area contributed by atoms with Crippen LogP contribution in [0.5, 0.6) is 0 Å². The van der Waals surface area contributed by atoms with E-state index >= 15 is 0 Å². The number of fused-ring (bicyclic) bond motifs is 1. The van der Waals surface area contributed by atoms with E-state index in [0.29, 0.717) is 0 Å². The SMILES string of the molecule is O=c1[nH]c2cc([N+](=O)[O-])ccc2c(=O)n1-c1ccc([N+](=O)[O-])cc1. The van der Waals surface area contributed by atoms with Crippen molar-refractivity contribution < 1.29 is 9.85 Å². The molecular weight excluding hydrogens is 320 g/mol. The molecule has 0 saturated heterocycles. The van der Waals surface area contributed by atoms with Gasteiger partial charge >= 0.3 is 5.69 Å². The molecule has 10 nitrogen and oxygen atoms in total. The standard InChI is InChI=1S/C14H8N4O6/c19-13-11-6-5-10(18(23)24)7-12(11)15-14(20)16(13)8-1-3-9(4-2-8)17(21)22/h1-7H,(H,15,20). The molecule has 10 heteroatoms. The number of non-ortho nitro benzene ring substituents is 2. The second-order valence-corrected chi connectivity index (χ2v) is 4.83. The van der Waals surface area contributed by atoms with Crippen LogP contribution in [0.25, 0.3) is 16.6 Å². The van der Waals surface area contributed by atoms with Crippen LogP contribution < -0.4 is 11.2 Å². The van der Waals surface area contributed by atoms with E-state index < -0.39 is 21.1 Å². The summed E-state index contributed by atoms with van der Waals surface area (Å²) in [5.41, 5.74) is -1.74. The molecule has 0 bridgehead atoms. The molecule has 2 aromatic carbocycles. The summed E-state index contributed by atoms with van der Waals surface area (Å²) in [6.45, 7) is 0. The highest BCUT2D eigenvalue weighted by atomic mass is 16.6. The zero-order valence-electron chi connectivity index (χ0n) is 11.8. The Morgan fingerprint density at radius 1 is 0.875 bits per heavy atom. The van der Waals surface area contributed by atoms with Gasteiger partial charge in [0.25, 0.3) is 16.9 Å². The quantitative estimate of drug-likeness (QED) is 0.570. The van der Waals surface area contributed by atoms with Gasteiger partial charge in [0.2, 0.25) is 0 Å². The van der Waals surface area contributed by atoms with Crippen molar-refractivity contribution in [3.05, 3.63) is 83.5 Å². The lowest BCUT2D eigenvalue weighted by Gasteiger charge is -2.06. The monoisotopic (exact) mass is 328 g/mol. The van der Waals surface area contributed by atoms with Gasteiger partial charge < -0.3 is 4.98 Å². The third kappa shape index (κ3) is 2.41.